The van der Waals surface area contributed by atoms with Gasteiger partial charge < -0.3 is 4.74 Å². The number of ether oxygens (including phenoxy) is 1. The van der Waals surface area contributed by atoms with E-state index in [1.807, 2.05) is 13.0 Å². The summed E-state index contributed by atoms with van der Waals surface area (Å²) in [5.74, 6) is -0.140. The standard InChI is InChI=1S/C15H20FNO/c1-12-8-14(16)3-2-13(12)9-17-6-4-15(10-17)5-7-18-11-15/h2-3,8H,4-7,9-11H2,1H3/t15-/m0/s1. The maximum Gasteiger partial charge on any atom is 0.123 e. The van der Waals surface area contributed by atoms with Gasteiger partial charge in [-0.05, 0) is 49.6 Å². The Morgan fingerprint density at radius 3 is 3.00 bits per heavy atom. The first kappa shape index (κ1) is 12.1. The van der Waals surface area contributed by atoms with Crippen molar-refractivity contribution in [3.63, 3.8) is 0 Å². The lowest BCUT2D eigenvalue weighted by Gasteiger charge is -2.22. The Morgan fingerprint density at radius 1 is 1.39 bits per heavy atom. The summed E-state index contributed by atoms with van der Waals surface area (Å²) in [4.78, 5) is 2.48. The Labute approximate surface area is 108 Å². The van der Waals surface area contributed by atoms with Gasteiger partial charge in [0, 0.05) is 25.1 Å². The van der Waals surface area contributed by atoms with E-state index >= 15 is 0 Å². The van der Waals surface area contributed by atoms with E-state index in [4.69, 9.17) is 4.74 Å². The van der Waals surface area contributed by atoms with Crippen molar-refractivity contribution in [2.24, 2.45) is 5.41 Å². The van der Waals surface area contributed by atoms with Crippen LogP contribution in [0.5, 0.6) is 0 Å². The molecule has 2 fully saturated rings. The molecule has 0 aromatic heterocycles. The first-order valence-corrected chi connectivity index (χ1v) is 6.72. The maximum atomic E-state index is 13.1. The summed E-state index contributed by atoms with van der Waals surface area (Å²) >= 11 is 0. The lowest BCUT2D eigenvalue weighted by atomic mass is 9.87. The Bertz CT molecular complexity index is 440. The van der Waals surface area contributed by atoms with Gasteiger partial charge in [-0.15, -0.1) is 0 Å². The number of likely N-dealkylation sites (tertiary alicyclic amines) is 1. The largest absolute Gasteiger partial charge is 0.381 e. The predicted molar refractivity (Wildman–Crippen MR) is 68.9 cm³/mol. The van der Waals surface area contributed by atoms with Crippen molar-refractivity contribution in [2.75, 3.05) is 26.3 Å². The zero-order valence-corrected chi connectivity index (χ0v) is 10.9. The zero-order chi connectivity index (χ0) is 12.6. The van der Waals surface area contributed by atoms with Gasteiger partial charge in [0.15, 0.2) is 0 Å². The number of rotatable bonds is 2. The number of benzene rings is 1. The average molecular weight is 249 g/mol. The number of hydrogen-bond donors (Lipinski definition) is 0. The van der Waals surface area contributed by atoms with E-state index in [2.05, 4.69) is 4.90 Å². The fourth-order valence-corrected chi connectivity index (χ4v) is 3.21. The summed E-state index contributed by atoms with van der Waals surface area (Å²) in [5, 5.41) is 0. The normalized spacial score (nSPS) is 28.3. The Hall–Kier alpha value is -0.930. The molecule has 0 saturated carbocycles. The van der Waals surface area contributed by atoms with Crippen LogP contribution < -0.4 is 0 Å². The lowest BCUT2D eigenvalue weighted by molar-refractivity contribution is 0.151. The lowest BCUT2D eigenvalue weighted by Crippen LogP contribution is -2.27. The van der Waals surface area contributed by atoms with E-state index in [0.29, 0.717) is 5.41 Å². The van der Waals surface area contributed by atoms with Crippen molar-refractivity contribution in [2.45, 2.75) is 26.3 Å². The molecule has 18 heavy (non-hydrogen) atoms. The smallest absolute Gasteiger partial charge is 0.123 e. The van der Waals surface area contributed by atoms with Gasteiger partial charge in [-0.1, -0.05) is 6.07 Å². The highest BCUT2D eigenvalue weighted by atomic mass is 19.1. The highest BCUT2D eigenvalue weighted by molar-refractivity contribution is 5.26. The van der Waals surface area contributed by atoms with Crippen LogP contribution in [0.15, 0.2) is 18.2 Å². The summed E-state index contributed by atoms with van der Waals surface area (Å²) in [5.41, 5.74) is 2.71. The molecule has 2 nitrogen and oxygen atoms in total. The minimum absolute atomic E-state index is 0.140. The summed E-state index contributed by atoms with van der Waals surface area (Å²) < 4.78 is 18.6. The van der Waals surface area contributed by atoms with Crippen molar-refractivity contribution in [1.82, 2.24) is 4.90 Å². The molecule has 0 aliphatic carbocycles. The third-order valence-electron chi connectivity index (χ3n) is 4.40. The van der Waals surface area contributed by atoms with Crippen LogP contribution in [-0.2, 0) is 11.3 Å². The number of nitrogens with zero attached hydrogens (tertiary/aromatic N) is 1. The molecule has 1 aromatic carbocycles. The SMILES string of the molecule is Cc1cc(F)ccc1CN1CC[C@]2(CCOC2)C1. The van der Waals surface area contributed by atoms with Crippen LogP contribution in [0.4, 0.5) is 4.39 Å². The first-order valence-electron chi connectivity index (χ1n) is 6.72. The van der Waals surface area contributed by atoms with Gasteiger partial charge in [0.1, 0.15) is 5.82 Å². The molecule has 2 heterocycles. The van der Waals surface area contributed by atoms with E-state index in [-0.39, 0.29) is 5.82 Å². The summed E-state index contributed by atoms with van der Waals surface area (Å²) in [7, 11) is 0. The summed E-state index contributed by atoms with van der Waals surface area (Å²) in [6, 6.07) is 5.10. The third-order valence-corrected chi connectivity index (χ3v) is 4.40. The molecule has 2 aliphatic rings. The second-order valence-corrected chi connectivity index (χ2v) is 5.83. The van der Waals surface area contributed by atoms with Crippen LogP contribution in [0.1, 0.15) is 24.0 Å². The van der Waals surface area contributed by atoms with Crippen molar-refractivity contribution in [3.8, 4) is 0 Å². The van der Waals surface area contributed by atoms with Crippen LogP contribution in [0.2, 0.25) is 0 Å². The van der Waals surface area contributed by atoms with Gasteiger partial charge in [0.05, 0.1) is 6.61 Å². The molecule has 0 unspecified atom stereocenters. The molecule has 3 rings (SSSR count). The fraction of sp³-hybridized carbons (Fsp3) is 0.600. The number of hydrogen-bond acceptors (Lipinski definition) is 2. The molecular formula is C15H20FNO. The monoisotopic (exact) mass is 249 g/mol. The van der Waals surface area contributed by atoms with E-state index in [0.717, 1.165) is 38.4 Å². The Morgan fingerprint density at radius 2 is 2.28 bits per heavy atom. The Kier molecular flexibility index (Phi) is 3.12. The second kappa shape index (κ2) is 4.63. The van der Waals surface area contributed by atoms with Gasteiger partial charge in [-0.3, -0.25) is 4.90 Å². The van der Waals surface area contributed by atoms with E-state index in [1.54, 1.807) is 12.1 Å². The van der Waals surface area contributed by atoms with E-state index < -0.39 is 0 Å². The van der Waals surface area contributed by atoms with Crippen molar-refractivity contribution in [3.05, 3.63) is 35.1 Å². The third kappa shape index (κ3) is 2.29. The fourth-order valence-electron chi connectivity index (χ4n) is 3.21. The number of aryl methyl sites for hydroxylation is 1. The van der Waals surface area contributed by atoms with Crippen LogP contribution >= 0.6 is 0 Å². The molecular weight excluding hydrogens is 229 g/mol. The molecule has 3 heteroatoms. The second-order valence-electron chi connectivity index (χ2n) is 5.83. The van der Waals surface area contributed by atoms with Crippen LogP contribution in [0, 0.1) is 18.2 Å². The summed E-state index contributed by atoms with van der Waals surface area (Å²) in [6.07, 6.45) is 2.44. The van der Waals surface area contributed by atoms with Gasteiger partial charge in [-0.2, -0.15) is 0 Å². The van der Waals surface area contributed by atoms with Gasteiger partial charge in [0.2, 0.25) is 0 Å². The van der Waals surface area contributed by atoms with E-state index in [1.165, 1.54) is 18.4 Å². The molecule has 0 bridgehead atoms. The molecule has 2 aliphatic heterocycles. The van der Waals surface area contributed by atoms with Crippen LogP contribution in [0.25, 0.3) is 0 Å². The van der Waals surface area contributed by atoms with Crippen molar-refractivity contribution < 1.29 is 9.13 Å². The van der Waals surface area contributed by atoms with Crippen LogP contribution in [-0.4, -0.2) is 31.2 Å². The Balaban J connectivity index is 1.67. The summed E-state index contributed by atoms with van der Waals surface area (Å²) in [6.45, 7) is 7.04. The quantitative estimate of drug-likeness (QED) is 0.799. The van der Waals surface area contributed by atoms with Gasteiger partial charge >= 0.3 is 0 Å². The molecule has 1 atom stereocenters. The first-order chi connectivity index (χ1) is 8.67. The molecule has 0 radical (unpaired) electrons. The highest BCUT2D eigenvalue weighted by Crippen LogP contribution is 2.38. The topological polar surface area (TPSA) is 12.5 Å². The van der Waals surface area contributed by atoms with Crippen LogP contribution in [0.3, 0.4) is 0 Å². The van der Waals surface area contributed by atoms with Crippen molar-refractivity contribution >= 4 is 0 Å². The average Bonchev–Trinajstić information content (AvgIpc) is 2.94. The minimum Gasteiger partial charge on any atom is -0.381 e. The molecule has 2 saturated heterocycles. The maximum absolute atomic E-state index is 13.1. The molecule has 0 amide bonds. The molecule has 1 aromatic rings. The minimum atomic E-state index is -0.140. The number of halogens is 1. The van der Waals surface area contributed by atoms with Gasteiger partial charge in [-0.25, -0.2) is 4.39 Å². The van der Waals surface area contributed by atoms with Gasteiger partial charge in [0.25, 0.3) is 0 Å². The molecule has 1 spiro atoms. The molecule has 98 valence electrons. The molecule has 0 N–H and O–H groups in total. The zero-order valence-electron chi connectivity index (χ0n) is 10.9. The van der Waals surface area contributed by atoms with E-state index in [9.17, 15) is 4.39 Å². The highest BCUT2D eigenvalue weighted by Gasteiger charge is 2.41. The van der Waals surface area contributed by atoms with Crippen molar-refractivity contribution in [1.29, 1.82) is 0 Å². The predicted octanol–water partition coefficient (Wildman–Crippen LogP) is 2.75.